The first-order valence-electron chi connectivity index (χ1n) is 5.51. The Kier molecular flexibility index (Phi) is 4.71. The van der Waals surface area contributed by atoms with Gasteiger partial charge in [-0.3, -0.25) is 4.57 Å². The van der Waals surface area contributed by atoms with Crippen LogP contribution in [0.1, 0.15) is 0 Å². The van der Waals surface area contributed by atoms with E-state index in [4.69, 9.17) is 9.05 Å². The van der Waals surface area contributed by atoms with Crippen LogP contribution in [0.5, 0.6) is 0 Å². The van der Waals surface area contributed by atoms with Crippen LogP contribution in [0.4, 0.5) is 0 Å². The highest BCUT2D eigenvalue weighted by molar-refractivity contribution is 7.53. The number of nitrogens with zero attached hydrogens (tertiary/aromatic N) is 4. The SMILES string of the molecule is COP(=O)(CC[n+]1cc(-c2ncccn2)sn1)OC. The predicted molar refractivity (Wildman–Crippen MR) is 69.8 cm³/mol. The van der Waals surface area contributed by atoms with Crippen LogP contribution in [0, 0.1) is 0 Å². The fourth-order valence-corrected chi connectivity index (χ4v) is 3.03. The van der Waals surface area contributed by atoms with E-state index in [1.54, 1.807) is 23.1 Å². The lowest BCUT2D eigenvalue weighted by Crippen LogP contribution is -2.36. The summed E-state index contributed by atoms with van der Waals surface area (Å²) in [4.78, 5) is 9.14. The van der Waals surface area contributed by atoms with Crippen LogP contribution in [0.3, 0.4) is 0 Å². The molecule has 0 saturated carbocycles. The van der Waals surface area contributed by atoms with Crippen molar-refractivity contribution < 1.29 is 18.3 Å². The van der Waals surface area contributed by atoms with E-state index in [2.05, 4.69) is 14.5 Å². The molecule has 0 aliphatic heterocycles. The summed E-state index contributed by atoms with van der Waals surface area (Å²) < 4.78 is 27.5. The van der Waals surface area contributed by atoms with Gasteiger partial charge in [-0.05, 0) is 6.07 Å². The van der Waals surface area contributed by atoms with Gasteiger partial charge >= 0.3 is 7.60 Å². The quantitative estimate of drug-likeness (QED) is 0.592. The summed E-state index contributed by atoms with van der Waals surface area (Å²) >= 11 is 1.29. The smallest absolute Gasteiger partial charge is 0.312 e. The average molecular weight is 301 g/mol. The first-order chi connectivity index (χ1) is 9.17. The molecule has 9 heteroatoms. The van der Waals surface area contributed by atoms with Crippen molar-refractivity contribution in [1.29, 1.82) is 0 Å². The Bertz CT molecular complexity index is 569. The van der Waals surface area contributed by atoms with E-state index in [1.807, 2.05) is 6.20 Å². The summed E-state index contributed by atoms with van der Waals surface area (Å²) in [6.45, 7) is 0.447. The van der Waals surface area contributed by atoms with Crippen molar-refractivity contribution in [2.45, 2.75) is 6.54 Å². The van der Waals surface area contributed by atoms with Crippen LogP contribution in [0.2, 0.25) is 0 Å². The Hall–Kier alpha value is -1.21. The molecule has 0 aliphatic carbocycles. The molecule has 0 N–H and O–H groups in total. The highest BCUT2D eigenvalue weighted by atomic mass is 32.1. The van der Waals surface area contributed by atoms with E-state index in [0.717, 1.165) is 4.88 Å². The molecule has 7 nitrogen and oxygen atoms in total. The van der Waals surface area contributed by atoms with E-state index in [1.165, 1.54) is 25.8 Å². The Labute approximate surface area is 114 Å². The molecule has 0 atom stereocenters. The molecule has 0 aliphatic rings. The summed E-state index contributed by atoms with van der Waals surface area (Å²) in [6.07, 6.45) is 5.44. The number of aryl methyl sites for hydroxylation is 1. The molecule has 2 aromatic heterocycles. The minimum Gasteiger partial charge on any atom is -0.312 e. The molecule has 2 heterocycles. The third-order valence-electron chi connectivity index (χ3n) is 2.46. The Morgan fingerprint density at radius 1 is 1.32 bits per heavy atom. The topological polar surface area (TPSA) is 78.1 Å². The molecule has 0 unspecified atom stereocenters. The van der Waals surface area contributed by atoms with Crippen molar-refractivity contribution in [3.63, 3.8) is 0 Å². The van der Waals surface area contributed by atoms with Gasteiger partial charge in [-0.15, -0.1) is 0 Å². The Morgan fingerprint density at radius 2 is 2.00 bits per heavy atom. The lowest BCUT2D eigenvalue weighted by molar-refractivity contribution is -0.742. The van der Waals surface area contributed by atoms with Crippen LogP contribution in [-0.4, -0.2) is 34.8 Å². The van der Waals surface area contributed by atoms with Gasteiger partial charge in [0.15, 0.2) is 17.2 Å². The van der Waals surface area contributed by atoms with Crippen LogP contribution < -0.4 is 4.68 Å². The number of hydrogen-bond acceptors (Lipinski definition) is 7. The van der Waals surface area contributed by atoms with Crippen LogP contribution >= 0.6 is 19.1 Å². The van der Waals surface area contributed by atoms with Gasteiger partial charge in [-0.2, -0.15) is 0 Å². The minimum atomic E-state index is -3.00. The molecule has 2 aromatic rings. The number of rotatable bonds is 6. The van der Waals surface area contributed by atoms with Crippen molar-refractivity contribution >= 4 is 19.1 Å². The van der Waals surface area contributed by atoms with Crippen LogP contribution in [-0.2, 0) is 20.2 Å². The van der Waals surface area contributed by atoms with E-state index >= 15 is 0 Å². The van der Waals surface area contributed by atoms with Gasteiger partial charge in [0.2, 0.25) is 6.20 Å². The Morgan fingerprint density at radius 3 is 2.63 bits per heavy atom. The molecule has 0 aromatic carbocycles. The first kappa shape index (κ1) is 14.2. The number of aromatic nitrogens is 4. The summed E-state index contributed by atoms with van der Waals surface area (Å²) in [5, 5.41) is 0. The Balaban J connectivity index is 2.04. The van der Waals surface area contributed by atoms with E-state index < -0.39 is 7.60 Å². The standard InChI is InChI=1S/C10H14N4O3PS/c1-16-18(15,17-2)7-6-14-8-9(19-13-14)10-11-4-3-5-12-10/h3-5,8H,6-7H2,1-2H3/q+1. The van der Waals surface area contributed by atoms with Gasteiger partial charge < -0.3 is 9.05 Å². The maximum absolute atomic E-state index is 11.9. The molecule has 0 fully saturated rings. The lowest BCUT2D eigenvalue weighted by Gasteiger charge is -2.09. The second kappa shape index (κ2) is 6.29. The highest BCUT2D eigenvalue weighted by Gasteiger charge is 2.24. The monoisotopic (exact) mass is 301 g/mol. The van der Waals surface area contributed by atoms with Gasteiger partial charge in [0.1, 0.15) is 6.16 Å². The van der Waals surface area contributed by atoms with Gasteiger partial charge in [-0.25, -0.2) is 9.97 Å². The maximum Gasteiger partial charge on any atom is 0.336 e. The van der Waals surface area contributed by atoms with Crippen molar-refractivity contribution in [2.24, 2.45) is 0 Å². The van der Waals surface area contributed by atoms with Gasteiger partial charge in [0.05, 0.1) is 4.49 Å². The molecule has 102 valence electrons. The van der Waals surface area contributed by atoms with Crippen LogP contribution in [0.25, 0.3) is 10.7 Å². The van der Waals surface area contributed by atoms with E-state index in [-0.39, 0.29) is 6.16 Å². The zero-order valence-corrected chi connectivity index (χ0v) is 12.3. The third-order valence-corrected chi connectivity index (χ3v) is 5.09. The van der Waals surface area contributed by atoms with Crippen molar-refractivity contribution in [1.82, 2.24) is 14.5 Å². The second-order valence-corrected chi connectivity index (χ2v) is 6.79. The first-order valence-corrected chi connectivity index (χ1v) is 8.01. The van der Waals surface area contributed by atoms with E-state index in [0.29, 0.717) is 12.4 Å². The highest BCUT2D eigenvalue weighted by Crippen LogP contribution is 2.45. The van der Waals surface area contributed by atoms with Gasteiger partial charge in [0, 0.05) is 38.1 Å². The van der Waals surface area contributed by atoms with E-state index in [9.17, 15) is 4.57 Å². The molecule has 0 radical (unpaired) electrons. The van der Waals surface area contributed by atoms with Crippen molar-refractivity contribution in [3.05, 3.63) is 24.7 Å². The predicted octanol–water partition coefficient (Wildman–Crippen LogP) is 1.37. The summed E-state index contributed by atoms with van der Waals surface area (Å²) in [6, 6.07) is 1.76. The molecule has 2 rings (SSSR count). The second-order valence-electron chi connectivity index (χ2n) is 3.60. The average Bonchev–Trinajstić information content (AvgIpc) is 2.95. The fraction of sp³-hybridized carbons (Fsp3) is 0.400. The van der Waals surface area contributed by atoms with Gasteiger partial charge in [0.25, 0.3) is 0 Å². The summed E-state index contributed by atoms with van der Waals surface area (Å²) in [7, 11) is -0.248. The van der Waals surface area contributed by atoms with Gasteiger partial charge in [-0.1, -0.05) is 4.68 Å². The fourth-order valence-electron chi connectivity index (χ4n) is 1.39. The summed E-state index contributed by atoms with van der Waals surface area (Å²) in [5.74, 6) is 0.625. The molecule has 19 heavy (non-hydrogen) atoms. The zero-order valence-electron chi connectivity index (χ0n) is 10.6. The van der Waals surface area contributed by atoms with Crippen molar-refractivity contribution in [2.75, 3.05) is 20.4 Å². The summed E-state index contributed by atoms with van der Waals surface area (Å²) in [5.41, 5.74) is 0. The molecule has 0 amide bonds. The number of hydrogen-bond donors (Lipinski definition) is 0. The minimum absolute atomic E-state index is 0.267. The molecule has 0 bridgehead atoms. The molecule has 0 saturated heterocycles. The van der Waals surface area contributed by atoms with Crippen molar-refractivity contribution in [3.8, 4) is 10.7 Å². The molecular weight excluding hydrogens is 287 g/mol. The van der Waals surface area contributed by atoms with Crippen LogP contribution in [0.15, 0.2) is 24.7 Å². The maximum atomic E-state index is 11.9. The normalized spacial score (nSPS) is 11.7. The zero-order chi connectivity index (χ0) is 13.7. The molecule has 0 spiro atoms. The lowest BCUT2D eigenvalue weighted by atomic mass is 10.5. The largest absolute Gasteiger partial charge is 0.336 e. The molecular formula is C10H14N4O3PS+. The third kappa shape index (κ3) is 3.63.